The Balaban J connectivity index is 2.50. The lowest BCUT2D eigenvalue weighted by Gasteiger charge is -2.11. The zero-order valence-corrected chi connectivity index (χ0v) is 12.5. The Kier molecular flexibility index (Phi) is 4.32. The summed E-state index contributed by atoms with van der Waals surface area (Å²) in [6, 6.07) is 6.61. The summed E-state index contributed by atoms with van der Waals surface area (Å²) in [4.78, 5) is 13.8. The number of nitriles is 1. The quantitative estimate of drug-likeness (QED) is 0.872. The number of aromatic nitrogens is 3. The highest BCUT2D eigenvalue weighted by Crippen LogP contribution is 2.18. The van der Waals surface area contributed by atoms with Gasteiger partial charge in [-0.1, -0.05) is 6.07 Å². The zero-order chi connectivity index (χ0) is 16.3. The summed E-state index contributed by atoms with van der Waals surface area (Å²) in [6.45, 7) is 1.66. The fraction of sp³-hybridized carbons (Fsp3) is 0.200. The Morgan fingerprint density at radius 1 is 1.32 bits per heavy atom. The molecule has 0 unspecified atom stereocenters. The largest absolute Gasteiger partial charge is 0.368 e. The lowest BCUT2D eigenvalue weighted by Crippen LogP contribution is -2.15. The Labute approximate surface area is 127 Å². The SMILES string of the molecule is Cc1cc(C=C(C#N)c2nc(N)nc(N(C)C)n2)ccc1F. The van der Waals surface area contributed by atoms with Crippen molar-refractivity contribution in [2.45, 2.75) is 6.92 Å². The number of aryl methyl sites for hydroxylation is 1. The monoisotopic (exact) mass is 298 g/mol. The van der Waals surface area contributed by atoms with Crippen LogP contribution in [0.3, 0.4) is 0 Å². The van der Waals surface area contributed by atoms with Gasteiger partial charge in [-0.2, -0.15) is 20.2 Å². The molecule has 0 atom stereocenters. The van der Waals surface area contributed by atoms with E-state index in [1.54, 1.807) is 44.1 Å². The molecular formula is C15H15FN6. The first-order chi connectivity index (χ1) is 10.4. The molecule has 112 valence electrons. The number of hydrogen-bond acceptors (Lipinski definition) is 6. The van der Waals surface area contributed by atoms with Crippen LogP contribution < -0.4 is 10.6 Å². The molecule has 6 nitrogen and oxygen atoms in total. The topological polar surface area (TPSA) is 91.7 Å². The third-order valence-corrected chi connectivity index (χ3v) is 2.90. The molecule has 2 rings (SSSR count). The highest BCUT2D eigenvalue weighted by Gasteiger charge is 2.11. The highest BCUT2D eigenvalue weighted by molar-refractivity contribution is 5.87. The normalized spacial score (nSPS) is 11.1. The van der Waals surface area contributed by atoms with E-state index in [0.29, 0.717) is 17.1 Å². The van der Waals surface area contributed by atoms with Gasteiger partial charge in [-0.25, -0.2) is 4.39 Å². The van der Waals surface area contributed by atoms with Gasteiger partial charge in [0.15, 0.2) is 5.82 Å². The van der Waals surface area contributed by atoms with Crippen molar-refractivity contribution in [3.05, 3.63) is 41.0 Å². The Morgan fingerprint density at radius 2 is 2.05 bits per heavy atom. The van der Waals surface area contributed by atoms with Gasteiger partial charge in [0.1, 0.15) is 11.9 Å². The maximum absolute atomic E-state index is 13.3. The van der Waals surface area contributed by atoms with Crippen molar-refractivity contribution < 1.29 is 4.39 Å². The standard InChI is InChI=1S/C15H15FN6/c1-9-6-10(4-5-12(9)16)7-11(8-17)13-19-14(18)21-15(20-13)22(2)3/h4-7H,1-3H3,(H2,18,19,20,21). The van der Waals surface area contributed by atoms with Crippen molar-refractivity contribution in [3.63, 3.8) is 0 Å². The number of allylic oxidation sites excluding steroid dienone is 1. The molecule has 0 amide bonds. The first-order valence-corrected chi connectivity index (χ1v) is 6.48. The molecule has 0 fully saturated rings. The molecule has 0 aliphatic rings. The molecule has 1 aromatic carbocycles. The van der Waals surface area contributed by atoms with Crippen LogP contribution in [0.5, 0.6) is 0 Å². The molecule has 0 radical (unpaired) electrons. The molecule has 1 aromatic heterocycles. The number of rotatable bonds is 3. The van der Waals surface area contributed by atoms with E-state index in [9.17, 15) is 9.65 Å². The minimum absolute atomic E-state index is 0.0325. The molecule has 1 heterocycles. The number of halogens is 1. The number of benzene rings is 1. The smallest absolute Gasteiger partial charge is 0.230 e. The van der Waals surface area contributed by atoms with Crippen LogP contribution >= 0.6 is 0 Å². The maximum Gasteiger partial charge on any atom is 0.230 e. The van der Waals surface area contributed by atoms with Gasteiger partial charge in [0.25, 0.3) is 0 Å². The van der Waals surface area contributed by atoms with Crippen LogP contribution in [0.25, 0.3) is 11.6 Å². The van der Waals surface area contributed by atoms with E-state index in [4.69, 9.17) is 5.73 Å². The molecule has 0 saturated heterocycles. The van der Waals surface area contributed by atoms with E-state index in [1.165, 1.54) is 6.07 Å². The number of hydrogen-bond donors (Lipinski definition) is 1. The summed E-state index contributed by atoms with van der Waals surface area (Å²) in [7, 11) is 3.52. The minimum atomic E-state index is -0.296. The summed E-state index contributed by atoms with van der Waals surface area (Å²) in [5.74, 6) is 0.278. The first kappa shape index (κ1) is 15.4. The van der Waals surface area contributed by atoms with Crippen molar-refractivity contribution >= 4 is 23.5 Å². The van der Waals surface area contributed by atoms with Gasteiger partial charge >= 0.3 is 0 Å². The fourth-order valence-corrected chi connectivity index (χ4v) is 1.77. The van der Waals surface area contributed by atoms with E-state index in [2.05, 4.69) is 15.0 Å². The third-order valence-electron chi connectivity index (χ3n) is 2.90. The average Bonchev–Trinajstić information content (AvgIpc) is 2.47. The van der Waals surface area contributed by atoms with Crippen molar-refractivity contribution in [3.8, 4) is 6.07 Å². The van der Waals surface area contributed by atoms with Crippen LogP contribution in [0, 0.1) is 24.1 Å². The second-order valence-corrected chi connectivity index (χ2v) is 4.89. The van der Waals surface area contributed by atoms with E-state index < -0.39 is 0 Å². The molecule has 2 N–H and O–H groups in total. The molecule has 0 saturated carbocycles. The Bertz CT molecular complexity index is 776. The molecule has 2 aromatic rings. The molecule has 7 heteroatoms. The summed E-state index contributed by atoms with van der Waals surface area (Å²) < 4.78 is 13.3. The van der Waals surface area contributed by atoms with Crippen molar-refractivity contribution in [1.29, 1.82) is 5.26 Å². The third kappa shape index (κ3) is 3.35. The summed E-state index contributed by atoms with van der Waals surface area (Å²) in [5, 5.41) is 9.34. The van der Waals surface area contributed by atoms with Crippen LogP contribution in [0.2, 0.25) is 0 Å². The van der Waals surface area contributed by atoms with Gasteiger partial charge < -0.3 is 10.6 Å². The number of nitrogens with zero attached hydrogens (tertiary/aromatic N) is 5. The molecular weight excluding hydrogens is 283 g/mol. The second kappa shape index (κ2) is 6.18. The van der Waals surface area contributed by atoms with Gasteiger partial charge in [-0.3, -0.25) is 0 Å². The van der Waals surface area contributed by atoms with E-state index in [1.807, 2.05) is 6.07 Å². The Morgan fingerprint density at radius 3 is 2.64 bits per heavy atom. The van der Waals surface area contributed by atoms with Crippen molar-refractivity contribution in [2.75, 3.05) is 24.7 Å². The van der Waals surface area contributed by atoms with E-state index >= 15 is 0 Å². The van der Waals surface area contributed by atoms with E-state index in [0.717, 1.165) is 0 Å². The fourth-order valence-electron chi connectivity index (χ4n) is 1.77. The van der Waals surface area contributed by atoms with Crippen LogP contribution in [0.15, 0.2) is 18.2 Å². The highest BCUT2D eigenvalue weighted by atomic mass is 19.1. The van der Waals surface area contributed by atoms with E-state index in [-0.39, 0.29) is 23.2 Å². The lowest BCUT2D eigenvalue weighted by atomic mass is 10.1. The van der Waals surface area contributed by atoms with Crippen LogP contribution in [0.1, 0.15) is 17.0 Å². The Hall–Kier alpha value is -3.01. The molecule has 22 heavy (non-hydrogen) atoms. The summed E-state index contributed by atoms with van der Waals surface area (Å²) in [6.07, 6.45) is 1.58. The molecule has 0 bridgehead atoms. The van der Waals surface area contributed by atoms with Crippen molar-refractivity contribution in [1.82, 2.24) is 15.0 Å². The number of nitrogen functional groups attached to an aromatic ring is 1. The van der Waals surface area contributed by atoms with Gasteiger partial charge in [-0.05, 0) is 36.3 Å². The average molecular weight is 298 g/mol. The van der Waals surface area contributed by atoms with Gasteiger partial charge in [0.05, 0.1) is 5.57 Å². The molecule has 0 spiro atoms. The number of nitrogens with two attached hydrogens (primary N) is 1. The first-order valence-electron chi connectivity index (χ1n) is 6.48. The van der Waals surface area contributed by atoms with Crippen LogP contribution in [-0.2, 0) is 0 Å². The lowest BCUT2D eigenvalue weighted by molar-refractivity contribution is 0.618. The van der Waals surface area contributed by atoms with Gasteiger partial charge in [-0.15, -0.1) is 0 Å². The minimum Gasteiger partial charge on any atom is -0.368 e. The van der Waals surface area contributed by atoms with Crippen LogP contribution in [-0.4, -0.2) is 29.0 Å². The summed E-state index contributed by atoms with van der Waals surface area (Å²) in [5.41, 5.74) is 7.05. The van der Waals surface area contributed by atoms with Gasteiger partial charge in [0.2, 0.25) is 11.9 Å². The summed E-state index contributed by atoms with van der Waals surface area (Å²) >= 11 is 0. The van der Waals surface area contributed by atoms with Gasteiger partial charge in [0, 0.05) is 14.1 Å². The van der Waals surface area contributed by atoms with Crippen molar-refractivity contribution in [2.24, 2.45) is 0 Å². The number of anilines is 2. The predicted molar refractivity (Wildman–Crippen MR) is 83.2 cm³/mol. The predicted octanol–water partition coefficient (Wildman–Crippen LogP) is 2.03. The van der Waals surface area contributed by atoms with Crippen LogP contribution in [0.4, 0.5) is 16.3 Å². The molecule has 0 aliphatic heterocycles. The maximum atomic E-state index is 13.3. The second-order valence-electron chi connectivity index (χ2n) is 4.89. The molecule has 0 aliphatic carbocycles. The zero-order valence-electron chi connectivity index (χ0n) is 12.5.